The van der Waals surface area contributed by atoms with Crippen LogP contribution in [0.5, 0.6) is 0 Å². The molecule has 0 unspecified atom stereocenters. The van der Waals surface area contributed by atoms with Crippen LogP contribution in [-0.4, -0.2) is 18.7 Å². The Labute approximate surface area is 60.5 Å². The fourth-order valence-corrected chi connectivity index (χ4v) is 0.371. The molecule has 0 heterocycles. The second kappa shape index (κ2) is 4.11. The molecule has 0 aliphatic carbocycles. The Bertz CT molecular complexity index is 114. The van der Waals surface area contributed by atoms with Gasteiger partial charge in [-0.2, -0.15) is 0 Å². The molecule has 60 valence electrons. The topological polar surface area (TPSA) is 78.3 Å². The number of amides is 1. The van der Waals surface area contributed by atoms with E-state index in [0.29, 0.717) is 5.92 Å². The smallest absolute Gasteiger partial charge is 0.404 e. The van der Waals surface area contributed by atoms with E-state index in [0.717, 1.165) is 0 Å². The molecule has 0 spiro atoms. The first-order chi connectivity index (χ1) is 4.54. The second-order valence-corrected chi connectivity index (χ2v) is 2.54. The van der Waals surface area contributed by atoms with Crippen LogP contribution in [0, 0.1) is 5.92 Å². The quantitative estimate of drug-likeness (QED) is 0.591. The van der Waals surface area contributed by atoms with Gasteiger partial charge in [0.2, 0.25) is 0 Å². The molecule has 0 rings (SSSR count). The molecule has 0 aliphatic rings. The molecule has 4 heteroatoms. The van der Waals surface area contributed by atoms with Gasteiger partial charge in [-0.3, -0.25) is 0 Å². The zero-order valence-corrected chi connectivity index (χ0v) is 6.33. The molecule has 0 aromatic carbocycles. The molecule has 0 bridgehead atoms. The Kier molecular flexibility index (Phi) is 3.79. The molecule has 1 atom stereocenters. The lowest BCUT2D eigenvalue weighted by molar-refractivity contribution is 0.142. The van der Waals surface area contributed by atoms with E-state index in [2.05, 4.69) is 4.74 Å². The van der Waals surface area contributed by atoms with Crippen molar-refractivity contribution in [1.29, 1.82) is 0 Å². The van der Waals surface area contributed by atoms with Gasteiger partial charge < -0.3 is 16.2 Å². The molecule has 0 saturated carbocycles. The van der Waals surface area contributed by atoms with Gasteiger partial charge in [0.1, 0.15) is 6.61 Å². The number of carbonyl (C=O) groups is 1. The minimum Gasteiger partial charge on any atom is -0.448 e. The molecule has 1 amide bonds. The third kappa shape index (κ3) is 4.14. The summed E-state index contributed by atoms with van der Waals surface area (Å²) in [6.45, 7) is 4.11. The van der Waals surface area contributed by atoms with E-state index < -0.39 is 6.09 Å². The standard InChI is InChI=1S/C6H14N2O2/c1-4(2)5(7)3-10-6(8)9/h4-5H,3,7H2,1-2H3,(H2,8,9)/t5-/m1/s1. The van der Waals surface area contributed by atoms with E-state index in [1.165, 1.54) is 0 Å². The molecule has 0 radical (unpaired) electrons. The Morgan fingerprint density at radius 3 is 2.40 bits per heavy atom. The van der Waals surface area contributed by atoms with Gasteiger partial charge in [-0.1, -0.05) is 13.8 Å². The van der Waals surface area contributed by atoms with Gasteiger partial charge in [0.25, 0.3) is 0 Å². The largest absolute Gasteiger partial charge is 0.448 e. The lowest BCUT2D eigenvalue weighted by Crippen LogP contribution is -2.33. The van der Waals surface area contributed by atoms with Crippen molar-refractivity contribution in [2.45, 2.75) is 19.9 Å². The van der Waals surface area contributed by atoms with Crippen molar-refractivity contribution in [1.82, 2.24) is 0 Å². The van der Waals surface area contributed by atoms with Crippen molar-refractivity contribution in [2.75, 3.05) is 6.61 Å². The number of hydrogen-bond acceptors (Lipinski definition) is 3. The SMILES string of the molecule is CC(C)[C@H](N)COC(N)=O. The van der Waals surface area contributed by atoms with Crippen molar-refractivity contribution in [3.63, 3.8) is 0 Å². The number of nitrogens with two attached hydrogens (primary N) is 2. The molecule has 0 aromatic heterocycles. The third-order valence-corrected chi connectivity index (χ3v) is 1.27. The zero-order valence-electron chi connectivity index (χ0n) is 6.33. The van der Waals surface area contributed by atoms with Crippen LogP contribution in [0.25, 0.3) is 0 Å². The minimum atomic E-state index is -0.767. The van der Waals surface area contributed by atoms with E-state index in [1.807, 2.05) is 13.8 Å². The lowest BCUT2D eigenvalue weighted by Gasteiger charge is -2.13. The molecule has 4 nitrogen and oxygen atoms in total. The summed E-state index contributed by atoms with van der Waals surface area (Å²) in [5, 5.41) is 0. The van der Waals surface area contributed by atoms with Crippen molar-refractivity contribution >= 4 is 6.09 Å². The first-order valence-corrected chi connectivity index (χ1v) is 3.22. The normalized spacial score (nSPS) is 13.2. The molecular weight excluding hydrogens is 132 g/mol. The molecule has 0 aliphatic heterocycles. The summed E-state index contributed by atoms with van der Waals surface area (Å²) in [5.74, 6) is 0.305. The summed E-state index contributed by atoms with van der Waals surface area (Å²) < 4.78 is 4.48. The van der Waals surface area contributed by atoms with Gasteiger partial charge in [0, 0.05) is 6.04 Å². The van der Waals surface area contributed by atoms with Crippen LogP contribution in [-0.2, 0) is 4.74 Å². The Balaban J connectivity index is 3.39. The predicted molar refractivity (Wildman–Crippen MR) is 38.3 cm³/mol. The highest BCUT2D eigenvalue weighted by molar-refractivity contribution is 5.64. The maximum Gasteiger partial charge on any atom is 0.404 e. The summed E-state index contributed by atoms with van der Waals surface area (Å²) >= 11 is 0. The number of carbonyl (C=O) groups excluding carboxylic acids is 1. The number of hydrogen-bond donors (Lipinski definition) is 2. The van der Waals surface area contributed by atoms with Crippen LogP contribution in [0.1, 0.15) is 13.8 Å². The molecule has 0 aromatic rings. The molecule has 0 fully saturated rings. The Hall–Kier alpha value is -0.770. The minimum absolute atomic E-state index is 0.118. The van der Waals surface area contributed by atoms with E-state index in [1.54, 1.807) is 0 Å². The van der Waals surface area contributed by atoms with Crippen LogP contribution >= 0.6 is 0 Å². The van der Waals surface area contributed by atoms with Crippen LogP contribution in [0.2, 0.25) is 0 Å². The first-order valence-electron chi connectivity index (χ1n) is 3.22. The van der Waals surface area contributed by atoms with Crippen molar-refractivity contribution in [2.24, 2.45) is 17.4 Å². The van der Waals surface area contributed by atoms with Gasteiger partial charge in [-0.15, -0.1) is 0 Å². The van der Waals surface area contributed by atoms with Crippen LogP contribution < -0.4 is 11.5 Å². The first kappa shape index (κ1) is 9.23. The monoisotopic (exact) mass is 146 g/mol. The van der Waals surface area contributed by atoms with Crippen LogP contribution in [0.15, 0.2) is 0 Å². The van der Waals surface area contributed by atoms with Crippen molar-refractivity contribution in [3.8, 4) is 0 Å². The summed E-state index contributed by atoms with van der Waals surface area (Å²) in [6.07, 6.45) is -0.767. The molecule has 0 saturated heterocycles. The summed E-state index contributed by atoms with van der Waals surface area (Å²) in [7, 11) is 0. The van der Waals surface area contributed by atoms with Gasteiger partial charge in [0.05, 0.1) is 0 Å². The van der Waals surface area contributed by atoms with E-state index >= 15 is 0 Å². The second-order valence-electron chi connectivity index (χ2n) is 2.54. The van der Waals surface area contributed by atoms with Gasteiger partial charge in [-0.25, -0.2) is 4.79 Å². The average molecular weight is 146 g/mol. The molecule has 4 N–H and O–H groups in total. The number of rotatable bonds is 3. The predicted octanol–water partition coefficient (Wildman–Crippen LogP) is 0.0650. The fourth-order valence-electron chi connectivity index (χ4n) is 0.371. The van der Waals surface area contributed by atoms with Gasteiger partial charge >= 0.3 is 6.09 Å². The highest BCUT2D eigenvalue weighted by Gasteiger charge is 2.08. The highest BCUT2D eigenvalue weighted by Crippen LogP contribution is 1.97. The average Bonchev–Trinajstić information content (AvgIpc) is 1.82. The summed E-state index contributed by atoms with van der Waals surface area (Å²) in [6, 6.07) is -0.118. The van der Waals surface area contributed by atoms with E-state index in [4.69, 9.17) is 11.5 Å². The Morgan fingerprint density at radius 2 is 2.10 bits per heavy atom. The molecular formula is C6H14N2O2. The van der Waals surface area contributed by atoms with Crippen LogP contribution in [0.3, 0.4) is 0 Å². The highest BCUT2D eigenvalue weighted by atomic mass is 16.5. The number of ether oxygens (including phenoxy) is 1. The van der Waals surface area contributed by atoms with E-state index in [-0.39, 0.29) is 12.6 Å². The third-order valence-electron chi connectivity index (χ3n) is 1.27. The fraction of sp³-hybridized carbons (Fsp3) is 0.833. The Morgan fingerprint density at radius 1 is 1.60 bits per heavy atom. The summed E-state index contributed by atoms with van der Waals surface area (Å²) in [5.41, 5.74) is 10.3. The molecule has 10 heavy (non-hydrogen) atoms. The van der Waals surface area contributed by atoms with Crippen molar-refractivity contribution in [3.05, 3.63) is 0 Å². The van der Waals surface area contributed by atoms with Crippen molar-refractivity contribution < 1.29 is 9.53 Å². The zero-order chi connectivity index (χ0) is 8.15. The maximum atomic E-state index is 10.1. The van der Waals surface area contributed by atoms with Gasteiger partial charge in [0.15, 0.2) is 0 Å². The van der Waals surface area contributed by atoms with Gasteiger partial charge in [-0.05, 0) is 5.92 Å². The summed E-state index contributed by atoms with van der Waals surface area (Å²) in [4.78, 5) is 10.1. The lowest BCUT2D eigenvalue weighted by atomic mass is 10.1. The van der Waals surface area contributed by atoms with Crippen LogP contribution in [0.4, 0.5) is 4.79 Å². The number of primary amides is 1. The van der Waals surface area contributed by atoms with E-state index in [9.17, 15) is 4.79 Å². The maximum absolute atomic E-state index is 10.1.